The molecule has 19 heavy (non-hydrogen) atoms. The Morgan fingerprint density at radius 1 is 1.16 bits per heavy atom. The molecule has 3 nitrogen and oxygen atoms in total. The molecule has 0 aliphatic carbocycles. The third kappa shape index (κ3) is 4.62. The highest BCUT2D eigenvalue weighted by Crippen LogP contribution is 2.12. The Kier molecular flexibility index (Phi) is 5.31. The highest BCUT2D eigenvalue weighted by atomic mass is 14.9. The first-order chi connectivity index (χ1) is 9.25. The van der Waals surface area contributed by atoms with Gasteiger partial charge in [-0.2, -0.15) is 0 Å². The first-order valence-corrected chi connectivity index (χ1v) is 7.03. The predicted octanol–water partition coefficient (Wildman–Crippen LogP) is 2.71. The molecule has 0 bridgehead atoms. The van der Waals surface area contributed by atoms with Crippen LogP contribution in [0.3, 0.4) is 0 Å². The van der Waals surface area contributed by atoms with Gasteiger partial charge in [-0.1, -0.05) is 26.0 Å². The van der Waals surface area contributed by atoms with Crippen LogP contribution in [0.1, 0.15) is 25.8 Å². The van der Waals surface area contributed by atoms with Gasteiger partial charge < -0.3 is 10.6 Å². The summed E-state index contributed by atoms with van der Waals surface area (Å²) in [5, 5.41) is 8.11. The fourth-order valence-corrected chi connectivity index (χ4v) is 2.07. The van der Waals surface area contributed by atoms with Crippen LogP contribution in [0.25, 0.3) is 10.9 Å². The van der Waals surface area contributed by atoms with Crippen molar-refractivity contribution in [1.29, 1.82) is 0 Å². The lowest BCUT2D eigenvalue weighted by molar-refractivity contribution is 0.547. The van der Waals surface area contributed by atoms with E-state index in [2.05, 4.69) is 53.7 Å². The van der Waals surface area contributed by atoms with E-state index in [0.717, 1.165) is 31.6 Å². The summed E-state index contributed by atoms with van der Waals surface area (Å²) < 4.78 is 0. The average Bonchev–Trinajstić information content (AvgIpc) is 2.42. The van der Waals surface area contributed by atoms with Gasteiger partial charge in [0.15, 0.2) is 0 Å². The van der Waals surface area contributed by atoms with Gasteiger partial charge in [0.05, 0.1) is 5.52 Å². The Hall–Kier alpha value is -1.45. The van der Waals surface area contributed by atoms with Crippen molar-refractivity contribution in [3.05, 3.63) is 42.1 Å². The number of benzene rings is 1. The third-order valence-electron chi connectivity index (χ3n) is 3.08. The quantitative estimate of drug-likeness (QED) is 0.749. The predicted molar refractivity (Wildman–Crippen MR) is 81.2 cm³/mol. The number of pyridine rings is 1. The molecule has 102 valence electrons. The van der Waals surface area contributed by atoms with E-state index in [9.17, 15) is 0 Å². The summed E-state index contributed by atoms with van der Waals surface area (Å²) in [5.74, 6) is 0. The van der Waals surface area contributed by atoms with Crippen LogP contribution in [-0.2, 0) is 6.54 Å². The molecule has 0 aliphatic rings. The van der Waals surface area contributed by atoms with Gasteiger partial charge in [-0.25, -0.2) is 0 Å². The van der Waals surface area contributed by atoms with E-state index in [1.165, 1.54) is 10.9 Å². The zero-order valence-corrected chi connectivity index (χ0v) is 11.8. The standard InChI is InChI=1S/C16H23N3/c1-13(2)18-10-4-8-17-12-14-6-7-16-15(11-14)5-3-9-19-16/h3,5-7,9,11,13,17-18H,4,8,10,12H2,1-2H3. The van der Waals surface area contributed by atoms with Crippen molar-refractivity contribution in [3.8, 4) is 0 Å². The largest absolute Gasteiger partial charge is 0.314 e. The zero-order valence-electron chi connectivity index (χ0n) is 11.8. The molecular weight excluding hydrogens is 234 g/mol. The molecule has 2 N–H and O–H groups in total. The maximum absolute atomic E-state index is 4.33. The minimum Gasteiger partial charge on any atom is -0.314 e. The van der Waals surface area contributed by atoms with E-state index in [0.29, 0.717) is 6.04 Å². The number of hydrogen-bond acceptors (Lipinski definition) is 3. The van der Waals surface area contributed by atoms with Crippen LogP contribution in [0.2, 0.25) is 0 Å². The smallest absolute Gasteiger partial charge is 0.0702 e. The Labute approximate surface area is 115 Å². The van der Waals surface area contributed by atoms with Crippen molar-refractivity contribution in [2.45, 2.75) is 32.9 Å². The van der Waals surface area contributed by atoms with Crippen molar-refractivity contribution in [1.82, 2.24) is 15.6 Å². The molecule has 2 rings (SSSR count). The fourth-order valence-electron chi connectivity index (χ4n) is 2.07. The first kappa shape index (κ1) is 14.0. The Balaban J connectivity index is 1.75. The summed E-state index contributed by atoms with van der Waals surface area (Å²) in [4.78, 5) is 4.33. The van der Waals surface area contributed by atoms with E-state index in [-0.39, 0.29) is 0 Å². The van der Waals surface area contributed by atoms with Crippen molar-refractivity contribution >= 4 is 10.9 Å². The molecule has 0 saturated heterocycles. The first-order valence-electron chi connectivity index (χ1n) is 7.03. The number of rotatable bonds is 7. The monoisotopic (exact) mass is 257 g/mol. The molecule has 0 unspecified atom stereocenters. The molecule has 0 fully saturated rings. The van der Waals surface area contributed by atoms with E-state index in [4.69, 9.17) is 0 Å². The maximum atomic E-state index is 4.33. The molecule has 0 amide bonds. The lowest BCUT2D eigenvalue weighted by Gasteiger charge is -2.09. The number of fused-ring (bicyclic) bond motifs is 1. The van der Waals surface area contributed by atoms with Crippen LogP contribution in [0.4, 0.5) is 0 Å². The van der Waals surface area contributed by atoms with Gasteiger partial charge in [-0.05, 0) is 43.3 Å². The molecule has 0 saturated carbocycles. The molecule has 1 aromatic heterocycles. The molecular formula is C16H23N3. The summed E-state index contributed by atoms with van der Waals surface area (Å²) in [7, 11) is 0. The number of nitrogens with zero attached hydrogens (tertiary/aromatic N) is 1. The van der Waals surface area contributed by atoms with Crippen molar-refractivity contribution in [2.24, 2.45) is 0 Å². The Bertz CT molecular complexity index is 508. The summed E-state index contributed by atoms with van der Waals surface area (Å²) in [6.07, 6.45) is 3.00. The minimum absolute atomic E-state index is 0.577. The molecule has 0 radical (unpaired) electrons. The second-order valence-electron chi connectivity index (χ2n) is 5.17. The number of aromatic nitrogens is 1. The highest BCUT2D eigenvalue weighted by Gasteiger charge is 1.97. The lowest BCUT2D eigenvalue weighted by atomic mass is 10.1. The number of hydrogen-bond donors (Lipinski definition) is 2. The molecule has 1 aromatic carbocycles. The minimum atomic E-state index is 0.577. The summed E-state index contributed by atoms with van der Waals surface area (Å²) in [6, 6.07) is 11.1. The van der Waals surface area contributed by atoms with Crippen LogP contribution in [0, 0.1) is 0 Å². The maximum Gasteiger partial charge on any atom is 0.0702 e. The number of nitrogens with one attached hydrogen (secondary N) is 2. The van der Waals surface area contributed by atoms with Gasteiger partial charge in [0.2, 0.25) is 0 Å². The van der Waals surface area contributed by atoms with Crippen LogP contribution >= 0.6 is 0 Å². The van der Waals surface area contributed by atoms with Gasteiger partial charge in [-0.3, -0.25) is 4.98 Å². The van der Waals surface area contributed by atoms with Crippen LogP contribution in [0.5, 0.6) is 0 Å². The van der Waals surface area contributed by atoms with Crippen LogP contribution in [0.15, 0.2) is 36.5 Å². The second kappa shape index (κ2) is 7.22. The van der Waals surface area contributed by atoms with Crippen molar-refractivity contribution < 1.29 is 0 Å². The van der Waals surface area contributed by atoms with Gasteiger partial charge in [0.25, 0.3) is 0 Å². The zero-order chi connectivity index (χ0) is 13.5. The van der Waals surface area contributed by atoms with E-state index in [1.807, 2.05) is 12.3 Å². The molecule has 2 aromatic rings. The summed E-state index contributed by atoms with van der Waals surface area (Å²) in [5.41, 5.74) is 2.38. The second-order valence-corrected chi connectivity index (χ2v) is 5.17. The fraction of sp³-hybridized carbons (Fsp3) is 0.438. The molecule has 0 aliphatic heterocycles. The normalized spacial score (nSPS) is 11.3. The van der Waals surface area contributed by atoms with E-state index < -0.39 is 0 Å². The van der Waals surface area contributed by atoms with Gasteiger partial charge in [-0.15, -0.1) is 0 Å². The van der Waals surface area contributed by atoms with Crippen molar-refractivity contribution in [2.75, 3.05) is 13.1 Å². The van der Waals surface area contributed by atoms with Gasteiger partial charge >= 0.3 is 0 Å². The summed E-state index contributed by atoms with van der Waals surface area (Å²) in [6.45, 7) is 7.40. The average molecular weight is 257 g/mol. The van der Waals surface area contributed by atoms with E-state index in [1.54, 1.807) is 0 Å². The Morgan fingerprint density at radius 3 is 2.89 bits per heavy atom. The van der Waals surface area contributed by atoms with Crippen LogP contribution < -0.4 is 10.6 Å². The molecule has 0 spiro atoms. The Morgan fingerprint density at radius 2 is 2.05 bits per heavy atom. The molecule has 3 heteroatoms. The van der Waals surface area contributed by atoms with E-state index >= 15 is 0 Å². The molecule has 0 atom stereocenters. The topological polar surface area (TPSA) is 37.0 Å². The van der Waals surface area contributed by atoms with Gasteiger partial charge in [0.1, 0.15) is 0 Å². The summed E-state index contributed by atoms with van der Waals surface area (Å²) >= 11 is 0. The van der Waals surface area contributed by atoms with Crippen LogP contribution in [-0.4, -0.2) is 24.1 Å². The third-order valence-corrected chi connectivity index (χ3v) is 3.08. The molecule has 1 heterocycles. The highest BCUT2D eigenvalue weighted by molar-refractivity contribution is 5.78. The van der Waals surface area contributed by atoms with Crippen molar-refractivity contribution in [3.63, 3.8) is 0 Å². The SMILES string of the molecule is CC(C)NCCCNCc1ccc2ncccc2c1. The van der Waals surface area contributed by atoms with Gasteiger partial charge in [0, 0.05) is 24.2 Å². The lowest BCUT2D eigenvalue weighted by Crippen LogP contribution is -2.26.